The summed E-state index contributed by atoms with van der Waals surface area (Å²) in [6.07, 6.45) is 2.56. The van der Waals surface area contributed by atoms with Crippen LogP contribution in [0.25, 0.3) is 0 Å². The smallest absolute Gasteiger partial charge is 0.0995 e. The van der Waals surface area contributed by atoms with E-state index in [0.717, 1.165) is 12.3 Å². The molecule has 0 amide bonds. The predicted molar refractivity (Wildman–Crippen MR) is 37.0 cm³/mol. The quantitative estimate of drug-likeness (QED) is 0.420. The van der Waals surface area contributed by atoms with Crippen molar-refractivity contribution >= 4 is 5.84 Å². The molecule has 46 valence electrons. The second kappa shape index (κ2) is 4.37. The molecule has 0 aliphatic heterocycles. The van der Waals surface area contributed by atoms with Crippen molar-refractivity contribution in [1.29, 1.82) is 0 Å². The van der Waals surface area contributed by atoms with E-state index in [2.05, 4.69) is 16.9 Å². The van der Waals surface area contributed by atoms with Crippen molar-refractivity contribution in [3.05, 3.63) is 12.8 Å². The van der Waals surface area contributed by atoms with Crippen molar-refractivity contribution in [1.82, 2.24) is 5.32 Å². The standard InChI is InChI=1S/C6H12N2/c1-4-6(7-3)8-5-2/h5H,2,4H2,1,3H3,(H,7,8). The Morgan fingerprint density at radius 2 is 2.50 bits per heavy atom. The third-order valence-electron chi connectivity index (χ3n) is 0.873. The minimum atomic E-state index is 0.933. The Morgan fingerprint density at radius 3 is 2.62 bits per heavy atom. The van der Waals surface area contributed by atoms with Crippen LogP contribution in [0.3, 0.4) is 0 Å². The summed E-state index contributed by atoms with van der Waals surface area (Å²) in [5.41, 5.74) is 0. The zero-order valence-electron chi connectivity index (χ0n) is 5.44. The van der Waals surface area contributed by atoms with Crippen molar-refractivity contribution in [3.8, 4) is 0 Å². The van der Waals surface area contributed by atoms with Crippen molar-refractivity contribution in [2.75, 3.05) is 7.05 Å². The Labute approximate surface area is 50.3 Å². The molecule has 0 aliphatic carbocycles. The number of hydrogen-bond acceptors (Lipinski definition) is 1. The number of rotatable bonds is 2. The van der Waals surface area contributed by atoms with Gasteiger partial charge in [-0.25, -0.2) is 0 Å². The van der Waals surface area contributed by atoms with Gasteiger partial charge in [-0.2, -0.15) is 0 Å². The SMILES string of the molecule is C=CNC(CC)=NC. The van der Waals surface area contributed by atoms with E-state index in [1.54, 1.807) is 13.2 Å². The van der Waals surface area contributed by atoms with Gasteiger partial charge in [0, 0.05) is 13.5 Å². The van der Waals surface area contributed by atoms with Crippen LogP contribution in [0.5, 0.6) is 0 Å². The average Bonchev–Trinajstić information content (AvgIpc) is 1.83. The monoisotopic (exact) mass is 112 g/mol. The lowest BCUT2D eigenvalue weighted by Gasteiger charge is -1.97. The van der Waals surface area contributed by atoms with Crippen LogP contribution in [-0.2, 0) is 0 Å². The van der Waals surface area contributed by atoms with Crippen LogP contribution in [-0.4, -0.2) is 12.9 Å². The highest BCUT2D eigenvalue weighted by atomic mass is 15.0. The predicted octanol–water partition coefficient (Wildman–Crippen LogP) is 1.16. The molecule has 0 aliphatic rings. The average molecular weight is 112 g/mol. The van der Waals surface area contributed by atoms with E-state index in [-0.39, 0.29) is 0 Å². The molecule has 0 bridgehead atoms. The maximum absolute atomic E-state index is 3.93. The highest BCUT2D eigenvalue weighted by Crippen LogP contribution is 1.77. The van der Waals surface area contributed by atoms with Crippen molar-refractivity contribution in [2.24, 2.45) is 4.99 Å². The molecule has 8 heavy (non-hydrogen) atoms. The molecule has 2 heteroatoms. The molecular formula is C6H12N2. The molecule has 0 aromatic heterocycles. The zero-order chi connectivity index (χ0) is 6.41. The largest absolute Gasteiger partial charge is 0.351 e. The van der Waals surface area contributed by atoms with Gasteiger partial charge in [0.05, 0.1) is 5.84 Å². The van der Waals surface area contributed by atoms with Crippen molar-refractivity contribution in [3.63, 3.8) is 0 Å². The molecule has 0 radical (unpaired) electrons. The first-order valence-corrected chi connectivity index (χ1v) is 2.68. The summed E-state index contributed by atoms with van der Waals surface area (Å²) in [4.78, 5) is 3.93. The normalized spacial score (nSPS) is 11.0. The first kappa shape index (κ1) is 7.21. The summed E-state index contributed by atoms with van der Waals surface area (Å²) in [6.45, 7) is 5.54. The van der Waals surface area contributed by atoms with Gasteiger partial charge in [-0.1, -0.05) is 13.5 Å². The summed E-state index contributed by atoms with van der Waals surface area (Å²) in [5, 5.41) is 2.90. The van der Waals surface area contributed by atoms with Crippen LogP contribution >= 0.6 is 0 Å². The van der Waals surface area contributed by atoms with Gasteiger partial charge < -0.3 is 5.32 Å². The Balaban J connectivity index is 3.53. The molecule has 2 nitrogen and oxygen atoms in total. The Morgan fingerprint density at radius 1 is 1.88 bits per heavy atom. The lowest BCUT2D eigenvalue weighted by Crippen LogP contribution is -2.14. The minimum Gasteiger partial charge on any atom is -0.351 e. The molecule has 1 N–H and O–H groups in total. The number of aliphatic imine (C=N–C) groups is 1. The van der Waals surface area contributed by atoms with Gasteiger partial charge in [0.1, 0.15) is 0 Å². The Kier molecular flexibility index (Phi) is 3.94. The van der Waals surface area contributed by atoms with Gasteiger partial charge in [-0.05, 0) is 6.20 Å². The van der Waals surface area contributed by atoms with Crippen molar-refractivity contribution in [2.45, 2.75) is 13.3 Å². The lowest BCUT2D eigenvalue weighted by molar-refractivity contribution is 1.12. The maximum Gasteiger partial charge on any atom is 0.0995 e. The number of hydrogen-bond donors (Lipinski definition) is 1. The van der Waals surface area contributed by atoms with Crippen LogP contribution in [0.2, 0.25) is 0 Å². The molecule has 0 saturated carbocycles. The van der Waals surface area contributed by atoms with Crippen LogP contribution in [0.1, 0.15) is 13.3 Å². The van der Waals surface area contributed by atoms with Gasteiger partial charge in [-0.15, -0.1) is 0 Å². The van der Waals surface area contributed by atoms with Crippen LogP contribution < -0.4 is 5.32 Å². The van der Waals surface area contributed by atoms with E-state index >= 15 is 0 Å². The summed E-state index contributed by atoms with van der Waals surface area (Å²) in [5.74, 6) is 0.972. The number of amidine groups is 1. The summed E-state index contributed by atoms with van der Waals surface area (Å²) >= 11 is 0. The molecule has 0 unspecified atom stereocenters. The molecule has 0 aromatic carbocycles. The molecule has 0 aromatic rings. The second-order valence-electron chi connectivity index (χ2n) is 1.37. The van der Waals surface area contributed by atoms with Crippen molar-refractivity contribution < 1.29 is 0 Å². The second-order valence-corrected chi connectivity index (χ2v) is 1.37. The first-order chi connectivity index (χ1) is 3.85. The van der Waals surface area contributed by atoms with E-state index in [1.165, 1.54) is 0 Å². The van der Waals surface area contributed by atoms with Gasteiger partial charge in [-0.3, -0.25) is 4.99 Å². The molecule has 0 atom stereocenters. The van der Waals surface area contributed by atoms with Gasteiger partial charge >= 0.3 is 0 Å². The van der Waals surface area contributed by atoms with Gasteiger partial charge in [0.25, 0.3) is 0 Å². The Hall–Kier alpha value is -0.790. The summed E-state index contributed by atoms with van der Waals surface area (Å²) in [6, 6.07) is 0. The molecule has 0 fully saturated rings. The van der Waals surface area contributed by atoms with E-state index < -0.39 is 0 Å². The lowest BCUT2D eigenvalue weighted by atomic mass is 10.4. The highest BCUT2D eigenvalue weighted by Gasteiger charge is 1.84. The number of nitrogens with one attached hydrogen (secondary N) is 1. The fourth-order valence-corrected chi connectivity index (χ4v) is 0.443. The van der Waals surface area contributed by atoms with E-state index in [9.17, 15) is 0 Å². The molecule has 0 saturated heterocycles. The van der Waals surface area contributed by atoms with Crippen LogP contribution in [0, 0.1) is 0 Å². The zero-order valence-corrected chi connectivity index (χ0v) is 5.44. The van der Waals surface area contributed by atoms with E-state index in [4.69, 9.17) is 0 Å². The van der Waals surface area contributed by atoms with Gasteiger partial charge in [0.2, 0.25) is 0 Å². The molecule has 0 spiro atoms. The third-order valence-corrected chi connectivity index (χ3v) is 0.873. The Bertz CT molecular complexity index is 94.7. The summed E-state index contributed by atoms with van der Waals surface area (Å²) < 4.78 is 0. The summed E-state index contributed by atoms with van der Waals surface area (Å²) in [7, 11) is 1.76. The first-order valence-electron chi connectivity index (χ1n) is 2.68. The minimum absolute atomic E-state index is 0.933. The molecular weight excluding hydrogens is 100 g/mol. The van der Waals surface area contributed by atoms with E-state index in [0.29, 0.717) is 0 Å². The van der Waals surface area contributed by atoms with E-state index in [1.807, 2.05) is 6.92 Å². The molecule has 0 rings (SSSR count). The van der Waals surface area contributed by atoms with Gasteiger partial charge in [0.15, 0.2) is 0 Å². The van der Waals surface area contributed by atoms with Crippen LogP contribution in [0.4, 0.5) is 0 Å². The van der Waals surface area contributed by atoms with Crippen LogP contribution in [0.15, 0.2) is 17.8 Å². The molecule has 0 heterocycles. The fraction of sp³-hybridized carbons (Fsp3) is 0.500. The fourth-order valence-electron chi connectivity index (χ4n) is 0.443. The number of nitrogens with zero attached hydrogens (tertiary/aromatic N) is 1. The highest BCUT2D eigenvalue weighted by molar-refractivity contribution is 5.82. The maximum atomic E-state index is 3.93. The topological polar surface area (TPSA) is 24.4 Å². The third kappa shape index (κ3) is 2.39.